The average molecular weight is 309 g/mol. The number of carbonyl (C=O) groups is 1. The lowest BCUT2D eigenvalue weighted by Gasteiger charge is -2.12. The van der Waals surface area contributed by atoms with Gasteiger partial charge in [0.05, 0.1) is 19.5 Å². The largest absolute Gasteiger partial charge is 0.497 e. The Kier molecular flexibility index (Phi) is 6.23. The second kappa shape index (κ2) is 8.17. The number of carbonyl (C=O) groups excluding carboxylic acids is 1. The van der Waals surface area contributed by atoms with Crippen LogP contribution in [0, 0.1) is 5.92 Å². The second-order valence-electron chi connectivity index (χ2n) is 5.27. The van der Waals surface area contributed by atoms with Gasteiger partial charge >= 0.3 is 0 Å². The van der Waals surface area contributed by atoms with Crippen molar-refractivity contribution in [1.82, 2.24) is 5.32 Å². The minimum atomic E-state index is 0.129. The molecule has 0 aromatic heterocycles. The van der Waals surface area contributed by atoms with E-state index in [-0.39, 0.29) is 5.91 Å². The van der Waals surface area contributed by atoms with Crippen LogP contribution in [0.5, 0.6) is 11.5 Å². The first-order chi connectivity index (χ1) is 10.2. The third kappa shape index (κ3) is 5.87. The van der Waals surface area contributed by atoms with Gasteiger partial charge in [-0.25, -0.2) is 0 Å². The molecule has 1 saturated carbocycles. The molecule has 0 heterocycles. The van der Waals surface area contributed by atoms with E-state index in [2.05, 4.69) is 12.2 Å². The number of amides is 1. The molecule has 0 aliphatic heterocycles. The van der Waals surface area contributed by atoms with Crippen LogP contribution in [0.25, 0.3) is 0 Å². The molecule has 1 fully saturated rings. The van der Waals surface area contributed by atoms with Crippen molar-refractivity contribution in [2.24, 2.45) is 5.92 Å². The summed E-state index contributed by atoms with van der Waals surface area (Å²) in [4.78, 5) is 11.7. The van der Waals surface area contributed by atoms with Crippen LogP contribution in [0.4, 0.5) is 0 Å². The van der Waals surface area contributed by atoms with Crippen LogP contribution in [0.15, 0.2) is 24.3 Å². The van der Waals surface area contributed by atoms with Crippen molar-refractivity contribution in [3.8, 4) is 11.5 Å². The number of methoxy groups -OCH3 is 1. The van der Waals surface area contributed by atoms with Gasteiger partial charge in [0.1, 0.15) is 11.5 Å². The van der Waals surface area contributed by atoms with Crippen molar-refractivity contribution < 1.29 is 14.3 Å². The summed E-state index contributed by atoms with van der Waals surface area (Å²) in [6, 6.07) is 7.83. The summed E-state index contributed by atoms with van der Waals surface area (Å²) < 4.78 is 10.7. The highest BCUT2D eigenvalue weighted by Gasteiger charge is 2.28. The van der Waals surface area contributed by atoms with Crippen molar-refractivity contribution in [2.75, 3.05) is 25.2 Å². The molecule has 0 radical (unpaired) electrons. The second-order valence-corrected chi connectivity index (χ2v) is 6.38. The van der Waals surface area contributed by atoms with E-state index in [1.165, 1.54) is 12.8 Å². The Hall–Kier alpha value is -1.36. The molecule has 0 bridgehead atoms. The number of rotatable bonds is 9. The zero-order valence-corrected chi connectivity index (χ0v) is 13.4. The molecule has 4 nitrogen and oxygen atoms in total. The Morgan fingerprint density at radius 2 is 2.00 bits per heavy atom. The highest BCUT2D eigenvalue weighted by atomic mass is 32.2. The predicted octanol–water partition coefficient (Wildman–Crippen LogP) is 2.72. The minimum Gasteiger partial charge on any atom is -0.497 e. The molecule has 21 heavy (non-hydrogen) atoms. The van der Waals surface area contributed by atoms with Gasteiger partial charge in [-0.05, 0) is 49.9 Å². The summed E-state index contributed by atoms with van der Waals surface area (Å²) in [5.41, 5.74) is 0. The summed E-state index contributed by atoms with van der Waals surface area (Å²) in [6.07, 6.45) is 2.51. The number of benzene rings is 1. The quantitative estimate of drug-likeness (QED) is 0.713. The molecule has 5 heteroatoms. The van der Waals surface area contributed by atoms with Gasteiger partial charge in [-0.15, -0.1) is 11.8 Å². The van der Waals surface area contributed by atoms with Crippen LogP contribution >= 0.6 is 11.8 Å². The van der Waals surface area contributed by atoms with Gasteiger partial charge in [0.25, 0.3) is 0 Å². The van der Waals surface area contributed by atoms with Crippen LogP contribution in [0.2, 0.25) is 0 Å². The maximum atomic E-state index is 11.7. The zero-order valence-electron chi connectivity index (χ0n) is 12.6. The lowest BCUT2D eigenvalue weighted by molar-refractivity contribution is -0.119. The molecule has 1 aliphatic carbocycles. The van der Waals surface area contributed by atoms with Crippen LogP contribution in [-0.4, -0.2) is 37.2 Å². The number of ether oxygens (including phenoxy) is 2. The van der Waals surface area contributed by atoms with E-state index in [9.17, 15) is 4.79 Å². The maximum Gasteiger partial charge on any atom is 0.230 e. The minimum absolute atomic E-state index is 0.129. The summed E-state index contributed by atoms with van der Waals surface area (Å²) in [6.45, 7) is 2.69. The fraction of sp³-hybridized carbons (Fsp3) is 0.562. The third-order valence-corrected chi connectivity index (χ3v) is 4.43. The molecule has 1 aliphatic rings. The smallest absolute Gasteiger partial charge is 0.230 e. The Bertz CT molecular complexity index is 445. The number of thioether (sulfide) groups is 1. The maximum absolute atomic E-state index is 11.7. The first-order valence-corrected chi connectivity index (χ1v) is 8.48. The fourth-order valence-corrected chi connectivity index (χ4v) is 2.68. The van der Waals surface area contributed by atoms with Gasteiger partial charge in [0.2, 0.25) is 5.91 Å². The Balaban J connectivity index is 1.53. The van der Waals surface area contributed by atoms with Crippen molar-refractivity contribution in [1.29, 1.82) is 0 Å². The predicted molar refractivity (Wildman–Crippen MR) is 86.1 cm³/mol. The Morgan fingerprint density at radius 1 is 1.33 bits per heavy atom. The van der Waals surface area contributed by atoms with E-state index in [0.29, 0.717) is 24.3 Å². The Morgan fingerprint density at radius 3 is 2.62 bits per heavy atom. The summed E-state index contributed by atoms with van der Waals surface area (Å²) in [5.74, 6) is 3.78. The highest BCUT2D eigenvalue weighted by molar-refractivity contribution is 7.99. The van der Waals surface area contributed by atoms with E-state index in [0.717, 1.165) is 17.3 Å². The molecule has 1 atom stereocenters. The zero-order chi connectivity index (χ0) is 15.1. The number of hydrogen-bond acceptors (Lipinski definition) is 4. The third-order valence-electron chi connectivity index (χ3n) is 3.51. The van der Waals surface area contributed by atoms with Crippen LogP contribution < -0.4 is 14.8 Å². The molecular formula is C16H23NO3S. The lowest BCUT2D eigenvalue weighted by atomic mass is 10.2. The molecule has 1 aromatic carbocycles. The van der Waals surface area contributed by atoms with E-state index in [4.69, 9.17) is 9.47 Å². The van der Waals surface area contributed by atoms with Gasteiger partial charge in [-0.3, -0.25) is 4.79 Å². The molecule has 0 unspecified atom stereocenters. The fourth-order valence-electron chi connectivity index (χ4n) is 2.06. The van der Waals surface area contributed by atoms with E-state index < -0.39 is 0 Å². The lowest BCUT2D eigenvalue weighted by Crippen LogP contribution is -2.35. The van der Waals surface area contributed by atoms with E-state index in [1.807, 2.05) is 24.3 Å². The molecule has 1 N–H and O–H groups in total. The molecular weight excluding hydrogens is 286 g/mol. The van der Waals surface area contributed by atoms with Gasteiger partial charge in [0.15, 0.2) is 0 Å². The number of nitrogens with one attached hydrogen (secondary N) is 1. The average Bonchev–Trinajstić information content (AvgIpc) is 3.32. The standard InChI is InChI=1S/C16H23NO3S/c1-12(13-3-4-13)17-16(18)11-21-10-9-20-15-7-5-14(19-2)6-8-15/h5-8,12-13H,3-4,9-11H2,1-2H3,(H,17,18)/t12-/m0/s1. The van der Waals surface area contributed by atoms with Crippen molar-refractivity contribution in [3.05, 3.63) is 24.3 Å². The number of hydrogen-bond donors (Lipinski definition) is 1. The first-order valence-electron chi connectivity index (χ1n) is 7.33. The summed E-state index contributed by atoms with van der Waals surface area (Å²) in [5, 5.41) is 3.05. The van der Waals surface area contributed by atoms with E-state index in [1.54, 1.807) is 18.9 Å². The van der Waals surface area contributed by atoms with Crippen molar-refractivity contribution >= 4 is 17.7 Å². The van der Waals surface area contributed by atoms with Gasteiger partial charge in [-0.1, -0.05) is 0 Å². The van der Waals surface area contributed by atoms with Crippen LogP contribution in [0.1, 0.15) is 19.8 Å². The summed E-state index contributed by atoms with van der Waals surface area (Å²) >= 11 is 1.60. The van der Waals surface area contributed by atoms with Gasteiger partial charge in [-0.2, -0.15) is 0 Å². The molecule has 0 spiro atoms. The van der Waals surface area contributed by atoms with E-state index >= 15 is 0 Å². The molecule has 1 aromatic rings. The van der Waals surface area contributed by atoms with Crippen LogP contribution in [0.3, 0.4) is 0 Å². The molecule has 0 saturated heterocycles. The molecule has 1 amide bonds. The van der Waals surface area contributed by atoms with Crippen molar-refractivity contribution in [3.63, 3.8) is 0 Å². The Labute approximate surface area is 130 Å². The monoisotopic (exact) mass is 309 g/mol. The highest BCUT2D eigenvalue weighted by Crippen LogP contribution is 2.32. The first kappa shape index (κ1) is 16.0. The summed E-state index contributed by atoms with van der Waals surface area (Å²) in [7, 11) is 1.64. The SMILES string of the molecule is COc1ccc(OCCSCC(=O)N[C@@H](C)C2CC2)cc1. The molecule has 2 rings (SSSR count). The molecule has 116 valence electrons. The van der Waals surface area contributed by atoms with Crippen molar-refractivity contribution in [2.45, 2.75) is 25.8 Å². The van der Waals surface area contributed by atoms with Gasteiger partial charge < -0.3 is 14.8 Å². The van der Waals surface area contributed by atoms with Gasteiger partial charge in [0, 0.05) is 11.8 Å². The topological polar surface area (TPSA) is 47.6 Å². The normalized spacial score (nSPS) is 15.3. The van der Waals surface area contributed by atoms with Crippen LogP contribution in [-0.2, 0) is 4.79 Å².